The third kappa shape index (κ3) is 5.66. The van der Waals surface area contributed by atoms with Gasteiger partial charge in [-0.15, -0.1) is 0 Å². The van der Waals surface area contributed by atoms with E-state index in [1.807, 2.05) is 0 Å². The molecule has 0 bridgehead atoms. The van der Waals surface area contributed by atoms with Gasteiger partial charge in [-0.1, -0.05) is 43.9 Å². The van der Waals surface area contributed by atoms with Crippen LogP contribution in [0.25, 0.3) is 0 Å². The first-order valence-electron chi connectivity index (χ1n) is 12.1. The molecule has 0 spiro atoms. The summed E-state index contributed by atoms with van der Waals surface area (Å²) in [6.45, 7) is 1.50. The van der Waals surface area contributed by atoms with Crippen molar-refractivity contribution < 1.29 is 23.2 Å². The molecule has 0 radical (unpaired) electrons. The van der Waals surface area contributed by atoms with E-state index in [2.05, 4.69) is 10.6 Å². The summed E-state index contributed by atoms with van der Waals surface area (Å²) in [5.74, 6) is -1.80. The Balaban J connectivity index is 1.67. The molecule has 1 atom stereocenters. The number of rotatable bonds is 7. The fourth-order valence-electron chi connectivity index (χ4n) is 4.91. The average Bonchev–Trinajstić information content (AvgIpc) is 3.58. The zero-order valence-electron chi connectivity index (χ0n) is 19.5. The molecule has 0 saturated heterocycles. The third-order valence-corrected chi connectivity index (χ3v) is 6.74. The Kier molecular flexibility index (Phi) is 7.65. The van der Waals surface area contributed by atoms with Gasteiger partial charge < -0.3 is 20.0 Å². The number of carbonyl (C=O) groups excluding carboxylic acids is 3. The van der Waals surface area contributed by atoms with E-state index in [1.165, 1.54) is 6.07 Å². The van der Waals surface area contributed by atoms with Gasteiger partial charge in [0, 0.05) is 17.6 Å². The number of amides is 3. The van der Waals surface area contributed by atoms with Crippen LogP contribution in [0.4, 0.5) is 4.39 Å². The molecule has 8 heteroatoms. The zero-order valence-corrected chi connectivity index (χ0v) is 19.5. The van der Waals surface area contributed by atoms with Crippen molar-refractivity contribution in [3.8, 4) is 0 Å². The van der Waals surface area contributed by atoms with Crippen LogP contribution < -0.4 is 10.6 Å². The highest BCUT2D eigenvalue weighted by Crippen LogP contribution is 2.28. The third-order valence-electron chi connectivity index (χ3n) is 6.74. The lowest BCUT2D eigenvalue weighted by Gasteiger charge is -2.30. The highest BCUT2D eigenvalue weighted by atomic mass is 19.1. The Morgan fingerprint density at radius 1 is 0.971 bits per heavy atom. The van der Waals surface area contributed by atoms with Gasteiger partial charge in [0.2, 0.25) is 0 Å². The molecule has 2 fully saturated rings. The van der Waals surface area contributed by atoms with Gasteiger partial charge in [-0.25, -0.2) is 4.39 Å². The van der Waals surface area contributed by atoms with Crippen LogP contribution in [0, 0.1) is 12.7 Å². The van der Waals surface area contributed by atoms with Crippen molar-refractivity contribution in [2.45, 2.75) is 83.0 Å². The summed E-state index contributed by atoms with van der Waals surface area (Å²) in [6, 6.07) is 8.12. The molecular formula is C26H32FN3O4. The number of halogens is 1. The lowest BCUT2D eigenvalue weighted by molar-refractivity contribution is -0.151. The van der Waals surface area contributed by atoms with Gasteiger partial charge in [0.15, 0.2) is 6.04 Å². The summed E-state index contributed by atoms with van der Waals surface area (Å²) >= 11 is 0. The molecule has 0 unspecified atom stereocenters. The van der Waals surface area contributed by atoms with E-state index < -0.39 is 29.6 Å². The summed E-state index contributed by atoms with van der Waals surface area (Å²) in [7, 11) is 0. The summed E-state index contributed by atoms with van der Waals surface area (Å²) in [4.78, 5) is 41.1. The molecule has 2 aliphatic carbocycles. The van der Waals surface area contributed by atoms with Crippen LogP contribution in [0.2, 0.25) is 0 Å². The van der Waals surface area contributed by atoms with Crippen molar-refractivity contribution in [3.63, 3.8) is 0 Å². The maximum atomic E-state index is 14.6. The van der Waals surface area contributed by atoms with Crippen molar-refractivity contribution in [3.05, 3.63) is 59.3 Å². The van der Waals surface area contributed by atoms with Gasteiger partial charge >= 0.3 is 11.8 Å². The van der Waals surface area contributed by atoms with Gasteiger partial charge in [-0.2, -0.15) is 0 Å². The zero-order chi connectivity index (χ0) is 24.1. The van der Waals surface area contributed by atoms with E-state index in [9.17, 15) is 18.8 Å². The molecule has 2 aromatic rings. The minimum Gasteiger partial charge on any atom is -0.464 e. The number of nitrogens with zero attached hydrogens (tertiary/aromatic N) is 1. The van der Waals surface area contributed by atoms with Gasteiger partial charge in [0.05, 0.1) is 6.54 Å². The molecule has 7 nitrogen and oxygen atoms in total. The largest absolute Gasteiger partial charge is 0.464 e. The van der Waals surface area contributed by atoms with Gasteiger partial charge in [0.25, 0.3) is 5.91 Å². The molecule has 3 amide bonds. The SMILES string of the molecule is Cc1ccc([C@H](C(=O)NC2CCCC2)N(Cc2ccccc2F)C(=O)C(=O)NC2CCCC2)o1. The number of nitrogens with one attached hydrogen (secondary N) is 2. The van der Waals surface area contributed by atoms with E-state index >= 15 is 0 Å². The Labute approximate surface area is 199 Å². The number of furan rings is 1. The van der Waals surface area contributed by atoms with Crippen molar-refractivity contribution in [1.29, 1.82) is 0 Å². The van der Waals surface area contributed by atoms with Crippen LogP contribution in [0.1, 0.15) is 74.5 Å². The number of hydrogen-bond donors (Lipinski definition) is 2. The van der Waals surface area contributed by atoms with E-state index in [4.69, 9.17) is 4.42 Å². The second-order valence-corrected chi connectivity index (χ2v) is 9.32. The maximum Gasteiger partial charge on any atom is 0.313 e. The van der Waals surface area contributed by atoms with Crippen LogP contribution >= 0.6 is 0 Å². The van der Waals surface area contributed by atoms with E-state index in [-0.39, 0.29) is 30.0 Å². The molecule has 34 heavy (non-hydrogen) atoms. The number of benzene rings is 1. The first-order chi connectivity index (χ1) is 16.4. The first-order valence-corrected chi connectivity index (χ1v) is 12.1. The molecule has 2 N–H and O–H groups in total. The lowest BCUT2D eigenvalue weighted by Crippen LogP contribution is -2.51. The second-order valence-electron chi connectivity index (χ2n) is 9.32. The van der Waals surface area contributed by atoms with Crippen molar-refractivity contribution in [1.82, 2.24) is 15.5 Å². The highest BCUT2D eigenvalue weighted by molar-refractivity contribution is 6.35. The second kappa shape index (κ2) is 10.8. The number of aryl methyl sites for hydroxylation is 1. The summed E-state index contributed by atoms with van der Waals surface area (Å²) < 4.78 is 20.3. The van der Waals surface area contributed by atoms with E-state index in [0.29, 0.717) is 5.76 Å². The van der Waals surface area contributed by atoms with E-state index in [1.54, 1.807) is 37.3 Å². The quantitative estimate of drug-likeness (QED) is 0.602. The molecule has 1 heterocycles. The Bertz CT molecular complexity index is 1020. The topological polar surface area (TPSA) is 91.7 Å². The van der Waals surface area contributed by atoms with Crippen LogP contribution in [-0.2, 0) is 20.9 Å². The normalized spacial score (nSPS) is 17.5. The van der Waals surface area contributed by atoms with Crippen molar-refractivity contribution in [2.24, 2.45) is 0 Å². The van der Waals surface area contributed by atoms with Gasteiger partial charge in [0.1, 0.15) is 17.3 Å². The number of hydrogen-bond acceptors (Lipinski definition) is 4. The molecule has 2 aliphatic rings. The minimum absolute atomic E-state index is 0.00351. The Morgan fingerprint density at radius 2 is 1.59 bits per heavy atom. The van der Waals surface area contributed by atoms with Crippen molar-refractivity contribution in [2.75, 3.05) is 0 Å². The molecular weight excluding hydrogens is 437 g/mol. The first kappa shape index (κ1) is 24.0. The summed E-state index contributed by atoms with van der Waals surface area (Å²) in [5.41, 5.74) is 0.214. The van der Waals surface area contributed by atoms with Gasteiger partial charge in [-0.3, -0.25) is 14.4 Å². The average molecular weight is 470 g/mol. The van der Waals surface area contributed by atoms with Crippen LogP contribution in [0.5, 0.6) is 0 Å². The summed E-state index contributed by atoms with van der Waals surface area (Å²) in [6.07, 6.45) is 7.39. The molecule has 0 aliphatic heterocycles. The fraction of sp³-hybridized carbons (Fsp3) is 0.500. The van der Waals surface area contributed by atoms with Crippen molar-refractivity contribution >= 4 is 17.7 Å². The van der Waals surface area contributed by atoms with Crippen LogP contribution in [0.15, 0.2) is 40.8 Å². The Morgan fingerprint density at radius 3 is 2.18 bits per heavy atom. The highest BCUT2D eigenvalue weighted by Gasteiger charge is 2.38. The smallest absolute Gasteiger partial charge is 0.313 e. The van der Waals surface area contributed by atoms with Crippen LogP contribution in [-0.4, -0.2) is 34.7 Å². The predicted octanol–water partition coefficient (Wildman–Crippen LogP) is 3.91. The fourth-order valence-corrected chi connectivity index (χ4v) is 4.91. The minimum atomic E-state index is -1.20. The lowest BCUT2D eigenvalue weighted by atomic mass is 10.1. The molecule has 2 saturated carbocycles. The molecule has 182 valence electrons. The Hall–Kier alpha value is -3.16. The van der Waals surface area contributed by atoms with Gasteiger partial charge in [-0.05, 0) is 50.8 Å². The predicted molar refractivity (Wildman–Crippen MR) is 124 cm³/mol. The molecule has 1 aromatic carbocycles. The maximum absolute atomic E-state index is 14.6. The number of carbonyl (C=O) groups is 3. The monoisotopic (exact) mass is 469 g/mol. The summed E-state index contributed by atoms with van der Waals surface area (Å²) in [5, 5.41) is 5.81. The molecule has 1 aromatic heterocycles. The molecule has 4 rings (SSSR count). The standard InChI is InChI=1S/C26H32FN3O4/c1-17-14-15-22(34-17)23(24(31)28-19-9-3-4-10-19)30(16-18-8-2-7-13-21(18)27)26(33)25(32)29-20-11-5-6-12-20/h2,7-8,13-15,19-20,23H,3-6,9-12,16H2,1H3,(H,28,31)(H,29,32)/t23-/m1/s1. The van der Waals surface area contributed by atoms with E-state index in [0.717, 1.165) is 56.3 Å². The van der Waals surface area contributed by atoms with Crippen LogP contribution in [0.3, 0.4) is 0 Å².